The first-order valence-corrected chi connectivity index (χ1v) is 3.28. The molecule has 2 nitrogen and oxygen atoms in total. The first-order valence-electron chi connectivity index (χ1n) is 3.28. The smallest absolute Gasteiger partial charge is 0.128 e. The van der Waals surface area contributed by atoms with Gasteiger partial charge in [-0.05, 0) is 20.0 Å². The lowest BCUT2D eigenvalue weighted by atomic mass is 10.1. The Kier molecular flexibility index (Phi) is 2.03. The van der Waals surface area contributed by atoms with E-state index in [1.165, 1.54) is 0 Å². The highest BCUT2D eigenvalue weighted by Gasteiger charge is 2.23. The molecule has 0 bridgehead atoms. The second kappa shape index (κ2) is 2.62. The van der Waals surface area contributed by atoms with Crippen molar-refractivity contribution in [3.05, 3.63) is 0 Å². The van der Waals surface area contributed by atoms with Gasteiger partial charge in [-0.1, -0.05) is 0 Å². The number of likely N-dealkylation sites (tertiary alicyclic amines) is 1. The van der Waals surface area contributed by atoms with E-state index in [9.17, 15) is 4.39 Å². The molecule has 1 aliphatic heterocycles. The summed E-state index contributed by atoms with van der Waals surface area (Å²) in [5, 5.41) is 0. The van der Waals surface area contributed by atoms with Crippen LogP contribution in [-0.4, -0.2) is 37.3 Å². The van der Waals surface area contributed by atoms with Crippen LogP contribution in [0.4, 0.5) is 4.39 Å². The maximum Gasteiger partial charge on any atom is 0.128 e. The summed E-state index contributed by atoms with van der Waals surface area (Å²) in [5.74, 6) is 0. The molecule has 0 aromatic rings. The standard InChI is InChI=1S/C6H13FN2/c1-9-3-2-6(8)5(7)4-9/h5-6H,2-4,8H2,1H3/t5-,6-/m0/s1. The number of halogens is 1. The monoisotopic (exact) mass is 132 g/mol. The first kappa shape index (κ1) is 6.96. The number of hydrogen-bond donors (Lipinski definition) is 1. The van der Waals surface area contributed by atoms with E-state index in [0.717, 1.165) is 13.0 Å². The number of rotatable bonds is 0. The number of nitrogens with two attached hydrogens (primary N) is 1. The van der Waals surface area contributed by atoms with Crippen molar-refractivity contribution in [2.75, 3.05) is 20.1 Å². The molecule has 0 aliphatic carbocycles. The van der Waals surface area contributed by atoms with Gasteiger partial charge in [0.25, 0.3) is 0 Å². The molecule has 1 saturated heterocycles. The number of nitrogens with zero attached hydrogens (tertiary/aromatic N) is 1. The van der Waals surface area contributed by atoms with Crippen molar-refractivity contribution in [2.24, 2.45) is 5.73 Å². The summed E-state index contributed by atoms with van der Waals surface area (Å²) in [4.78, 5) is 1.97. The van der Waals surface area contributed by atoms with Gasteiger partial charge >= 0.3 is 0 Å². The third-order valence-corrected chi connectivity index (χ3v) is 1.79. The van der Waals surface area contributed by atoms with Crippen LogP contribution in [0, 0.1) is 0 Å². The molecule has 0 aromatic carbocycles. The normalized spacial score (nSPS) is 39.0. The fraction of sp³-hybridized carbons (Fsp3) is 1.00. The maximum atomic E-state index is 12.7. The molecule has 0 unspecified atom stereocenters. The second-order valence-corrected chi connectivity index (χ2v) is 2.73. The molecule has 0 spiro atoms. The topological polar surface area (TPSA) is 29.3 Å². The highest BCUT2D eigenvalue weighted by atomic mass is 19.1. The van der Waals surface area contributed by atoms with E-state index in [0.29, 0.717) is 6.54 Å². The predicted molar refractivity (Wildman–Crippen MR) is 35.0 cm³/mol. The molecule has 1 heterocycles. The summed E-state index contributed by atoms with van der Waals surface area (Å²) in [6, 6.07) is -0.221. The Balaban J connectivity index is 2.35. The largest absolute Gasteiger partial charge is 0.325 e. The van der Waals surface area contributed by atoms with Gasteiger partial charge in [0.15, 0.2) is 0 Å². The molecular formula is C6H13FN2. The molecule has 0 radical (unpaired) electrons. The molecule has 2 N–H and O–H groups in total. The van der Waals surface area contributed by atoms with E-state index in [2.05, 4.69) is 0 Å². The van der Waals surface area contributed by atoms with Crippen LogP contribution in [0.2, 0.25) is 0 Å². The van der Waals surface area contributed by atoms with E-state index in [4.69, 9.17) is 5.73 Å². The van der Waals surface area contributed by atoms with E-state index in [1.807, 2.05) is 11.9 Å². The Morgan fingerprint density at radius 3 is 2.78 bits per heavy atom. The number of hydrogen-bond acceptors (Lipinski definition) is 2. The minimum absolute atomic E-state index is 0.221. The first-order chi connectivity index (χ1) is 4.20. The van der Waals surface area contributed by atoms with Crippen LogP contribution in [-0.2, 0) is 0 Å². The summed E-state index contributed by atoms with van der Waals surface area (Å²) in [6.07, 6.45) is -0.0266. The number of piperidine rings is 1. The van der Waals surface area contributed by atoms with Crippen molar-refractivity contribution in [1.82, 2.24) is 4.90 Å². The average molecular weight is 132 g/mol. The molecule has 0 saturated carbocycles. The summed E-state index contributed by atoms with van der Waals surface area (Å²) in [6.45, 7) is 1.43. The molecule has 54 valence electrons. The van der Waals surface area contributed by atoms with Crippen LogP contribution in [0.25, 0.3) is 0 Å². The van der Waals surface area contributed by atoms with Crippen molar-refractivity contribution in [1.29, 1.82) is 0 Å². The van der Waals surface area contributed by atoms with E-state index in [1.54, 1.807) is 0 Å². The zero-order valence-corrected chi connectivity index (χ0v) is 5.68. The Hall–Kier alpha value is -0.150. The summed E-state index contributed by atoms with van der Waals surface area (Å²) >= 11 is 0. The molecule has 2 atom stereocenters. The quantitative estimate of drug-likeness (QED) is 0.502. The van der Waals surface area contributed by atoms with Gasteiger partial charge in [0.05, 0.1) is 0 Å². The van der Waals surface area contributed by atoms with Crippen molar-refractivity contribution >= 4 is 0 Å². The fourth-order valence-corrected chi connectivity index (χ4v) is 1.07. The van der Waals surface area contributed by atoms with Crippen LogP contribution in [0.5, 0.6) is 0 Å². The van der Waals surface area contributed by atoms with Gasteiger partial charge in [-0.15, -0.1) is 0 Å². The summed E-state index contributed by atoms with van der Waals surface area (Å²) in [7, 11) is 1.92. The van der Waals surface area contributed by atoms with E-state index < -0.39 is 6.17 Å². The third-order valence-electron chi connectivity index (χ3n) is 1.79. The van der Waals surface area contributed by atoms with Crippen LogP contribution in [0.3, 0.4) is 0 Å². The molecular weight excluding hydrogens is 119 g/mol. The van der Waals surface area contributed by atoms with Crippen LogP contribution >= 0.6 is 0 Å². The lowest BCUT2D eigenvalue weighted by Crippen LogP contribution is -2.46. The lowest BCUT2D eigenvalue weighted by Gasteiger charge is -2.29. The molecule has 3 heteroatoms. The molecule has 0 aromatic heterocycles. The van der Waals surface area contributed by atoms with Crippen molar-refractivity contribution in [2.45, 2.75) is 18.6 Å². The van der Waals surface area contributed by atoms with Gasteiger partial charge < -0.3 is 10.6 Å². The minimum atomic E-state index is -0.816. The summed E-state index contributed by atoms with van der Waals surface area (Å²) in [5.41, 5.74) is 5.44. The van der Waals surface area contributed by atoms with E-state index >= 15 is 0 Å². The zero-order chi connectivity index (χ0) is 6.85. The Morgan fingerprint density at radius 1 is 1.67 bits per heavy atom. The van der Waals surface area contributed by atoms with Gasteiger partial charge in [0.1, 0.15) is 6.17 Å². The van der Waals surface area contributed by atoms with Crippen LogP contribution < -0.4 is 5.73 Å². The molecule has 1 fully saturated rings. The van der Waals surface area contributed by atoms with Crippen LogP contribution in [0.1, 0.15) is 6.42 Å². The Labute approximate surface area is 54.8 Å². The zero-order valence-electron chi connectivity index (χ0n) is 5.68. The summed E-state index contributed by atoms with van der Waals surface area (Å²) < 4.78 is 12.7. The van der Waals surface area contributed by atoms with E-state index in [-0.39, 0.29) is 6.04 Å². The SMILES string of the molecule is CN1CC[C@H](N)[C@@H](F)C1. The molecule has 0 amide bonds. The molecule has 9 heavy (non-hydrogen) atoms. The minimum Gasteiger partial charge on any atom is -0.325 e. The van der Waals surface area contributed by atoms with Crippen molar-refractivity contribution < 1.29 is 4.39 Å². The van der Waals surface area contributed by atoms with Crippen LogP contribution in [0.15, 0.2) is 0 Å². The molecule has 1 aliphatic rings. The Morgan fingerprint density at radius 2 is 2.33 bits per heavy atom. The highest BCUT2D eigenvalue weighted by molar-refractivity contribution is 4.80. The average Bonchev–Trinajstić information content (AvgIpc) is 1.80. The maximum absolute atomic E-state index is 12.7. The van der Waals surface area contributed by atoms with Gasteiger partial charge in [-0.25, -0.2) is 4.39 Å². The lowest BCUT2D eigenvalue weighted by molar-refractivity contribution is 0.141. The van der Waals surface area contributed by atoms with Gasteiger partial charge in [-0.3, -0.25) is 0 Å². The predicted octanol–water partition coefficient (Wildman–Crippen LogP) is -0.0127. The Bertz CT molecular complexity index is 97.1. The van der Waals surface area contributed by atoms with Crippen molar-refractivity contribution in [3.8, 4) is 0 Å². The van der Waals surface area contributed by atoms with Gasteiger partial charge in [0, 0.05) is 12.6 Å². The fourth-order valence-electron chi connectivity index (χ4n) is 1.07. The van der Waals surface area contributed by atoms with Gasteiger partial charge in [-0.2, -0.15) is 0 Å². The third kappa shape index (κ3) is 1.63. The number of alkyl halides is 1. The second-order valence-electron chi connectivity index (χ2n) is 2.73. The highest BCUT2D eigenvalue weighted by Crippen LogP contribution is 2.09. The van der Waals surface area contributed by atoms with Gasteiger partial charge in [0.2, 0.25) is 0 Å². The molecule has 1 rings (SSSR count). The van der Waals surface area contributed by atoms with Crippen molar-refractivity contribution in [3.63, 3.8) is 0 Å².